The van der Waals surface area contributed by atoms with E-state index in [1.165, 1.54) is 20.9 Å². The van der Waals surface area contributed by atoms with Gasteiger partial charge in [-0.2, -0.15) is 0 Å². The third-order valence-electron chi connectivity index (χ3n) is 2.98. The summed E-state index contributed by atoms with van der Waals surface area (Å²) in [5.41, 5.74) is 2.57. The van der Waals surface area contributed by atoms with E-state index in [0.717, 1.165) is 11.6 Å². The number of rotatable bonds is 5. The van der Waals surface area contributed by atoms with Gasteiger partial charge < -0.3 is 5.32 Å². The molecule has 0 bridgehead atoms. The molecule has 0 saturated heterocycles. The van der Waals surface area contributed by atoms with Gasteiger partial charge in [-0.25, -0.2) is 0 Å². The van der Waals surface area contributed by atoms with Gasteiger partial charge in [0.15, 0.2) is 0 Å². The quantitative estimate of drug-likeness (QED) is 0.804. The van der Waals surface area contributed by atoms with Crippen molar-refractivity contribution in [3.63, 3.8) is 0 Å². The first-order valence-electron chi connectivity index (χ1n) is 6.81. The van der Waals surface area contributed by atoms with Crippen molar-refractivity contribution in [3.05, 3.63) is 58.6 Å². The van der Waals surface area contributed by atoms with E-state index in [0.29, 0.717) is 6.04 Å². The number of halogens is 1. The predicted molar refractivity (Wildman–Crippen MR) is 88.7 cm³/mol. The summed E-state index contributed by atoms with van der Waals surface area (Å²) in [7, 11) is 0. The van der Waals surface area contributed by atoms with E-state index in [4.69, 9.17) is 11.6 Å². The van der Waals surface area contributed by atoms with E-state index in [1.807, 2.05) is 12.1 Å². The van der Waals surface area contributed by atoms with Crippen molar-refractivity contribution in [3.8, 4) is 0 Å². The lowest BCUT2D eigenvalue weighted by Gasteiger charge is -2.13. The Morgan fingerprint density at radius 1 is 1.10 bits per heavy atom. The summed E-state index contributed by atoms with van der Waals surface area (Å²) in [5.74, 6) is 0. The molecule has 0 unspecified atom stereocenters. The van der Waals surface area contributed by atoms with Crippen molar-refractivity contribution in [2.75, 3.05) is 0 Å². The first-order valence-corrected chi connectivity index (χ1v) is 8.00. The zero-order valence-electron chi connectivity index (χ0n) is 12.1. The molecule has 0 aliphatic carbocycles. The molecule has 2 aromatic rings. The molecule has 0 spiro atoms. The number of hydrogen-bond donors (Lipinski definition) is 1. The molecule has 2 aromatic carbocycles. The van der Waals surface area contributed by atoms with E-state index in [1.54, 1.807) is 11.8 Å². The summed E-state index contributed by atoms with van der Waals surface area (Å²) in [4.78, 5) is 2.46. The fourth-order valence-corrected chi connectivity index (χ4v) is 3.04. The topological polar surface area (TPSA) is 12.0 Å². The molecule has 1 N–H and O–H groups in total. The van der Waals surface area contributed by atoms with E-state index in [-0.39, 0.29) is 0 Å². The van der Waals surface area contributed by atoms with Crippen LogP contribution in [0, 0.1) is 6.92 Å². The second-order valence-corrected chi connectivity index (χ2v) is 6.75. The van der Waals surface area contributed by atoms with E-state index in [9.17, 15) is 0 Å². The molecular formula is C17H20ClNS. The molecule has 20 heavy (non-hydrogen) atoms. The molecule has 1 nitrogen and oxygen atoms in total. The van der Waals surface area contributed by atoms with Crippen LogP contribution < -0.4 is 5.32 Å². The predicted octanol–water partition coefficient (Wildman–Crippen LogP) is 5.30. The van der Waals surface area contributed by atoms with Crippen molar-refractivity contribution in [2.45, 2.75) is 43.1 Å². The molecule has 0 aliphatic heterocycles. The van der Waals surface area contributed by atoms with Crippen LogP contribution in [0.25, 0.3) is 0 Å². The monoisotopic (exact) mass is 305 g/mol. The van der Waals surface area contributed by atoms with E-state index < -0.39 is 0 Å². The highest BCUT2D eigenvalue weighted by Crippen LogP contribution is 2.32. The Labute approximate surface area is 130 Å². The summed E-state index contributed by atoms with van der Waals surface area (Å²) in [6.07, 6.45) is 0. The highest BCUT2D eigenvalue weighted by molar-refractivity contribution is 7.99. The largest absolute Gasteiger partial charge is 0.310 e. The average Bonchev–Trinajstić information content (AvgIpc) is 2.40. The normalized spacial score (nSPS) is 11.1. The van der Waals surface area contributed by atoms with Crippen LogP contribution in [0.5, 0.6) is 0 Å². The van der Waals surface area contributed by atoms with Gasteiger partial charge in [-0.15, -0.1) is 0 Å². The van der Waals surface area contributed by atoms with Gasteiger partial charge in [0.1, 0.15) is 0 Å². The summed E-state index contributed by atoms with van der Waals surface area (Å²) in [6, 6.07) is 15.2. The van der Waals surface area contributed by atoms with Gasteiger partial charge in [-0.05, 0) is 36.8 Å². The van der Waals surface area contributed by atoms with Gasteiger partial charge in [0.2, 0.25) is 0 Å². The van der Waals surface area contributed by atoms with Crippen LogP contribution in [0.2, 0.25) is 5.02 Å². The maximum absolute atomic E-state index is 6.14. The van der Waals surface area contributed by atoms with Crippen LogP contribution in [0.1, 0.15) is 25.0 Å². The molecule has 0 fully saturated rings. The summed E-state index contributed by atoms with van der Waals surface area (Å²) >= 11 is 7.90. The van der Waals surface area contributed by atoms with Gasteiger partial charge >= 0.3 is 0 Å². The van der Waals surface area contributed by atoms with Crippen LogP contribution in [0.3, 0.4) is 0 Å². The molecule has 3 heteroatoms. The number of benzene rings is 2. The van der Waals surface area contributed by atoms with Crippen molar-refractivity contribution < 1.29 is 0 Å². The highest BCUT2D eigenvalue weighted by Gasteiger charge is 2.06. The minimum absolute atomic E-state index is 0.475. The van der Waals surface area contributed by atoms with Crippen LogP contribution in [0.4, 0.5) is 0 Å². The number of hydrogen-bond acceptors (Lipinski definition) is 2. The molecule has 0 atom stereocenters. The smallest absolute Gasteiger partial charge is 0.0417 e. The van der Waals surface area contributed by atoms with Gasteiger partial charge in [0, 0.05) is 27.4 Å². The number of aryl methyl sites for hydroxylation is 1. The first-order chi connectivity index (χ1) is 9.54. The van der Waals surface area contributed by atoms with E-state index in [2.05, 4.69) is 56.4 Å². The Balaban J connectivity index is 2.20. The third-order valence-corrected chi connectivity index (χ3v) is 4.32. The molecule has 0 aliphatic rings. The molecule has 0 saturated carbocycles. The highest BCUT2D eigenvalue weighted by atomic mass is 35.5. The maximum atomic E-state index is 6.14. The Morgan fingerprint density at radius 3 is 2.45 bits per heavy atom. The van der Waals surface area contributed by atoms with Gasteiger partial charge in [-0.3, -0.25) is 0 Å². The summed E-state index contributed by atoms with van der Waals surface area (Å²) < 4.78 is 0. The zero-order valence-corrected chi connectivity index (χ0v) is 13.7. The molecule has 0 heterocycles. The summed E-state index contributed by atoms with van der Waals surface area (Å²) in [6.45, 7) is 7.28. The fraction of sp³-hybridized carbons (Fsp3) is 0.294. The Morgan fingerprint density at radius 2 is 1.80 bits per heavy atom. The Kier molecular flexibility index (Phi) is 5.53. The molecule has 0 radical (unpaired) electrons. The van der Waals surface area contributed by atoms with Crippen LogP contribution >= 0.6 is 23.4 Å². The lowest BCUT2D eigenvalue weighted by Crippen LogP contribution is -2.22. The van der Waals surface area contributed by atoms with Crippen molar-refractivity contribution in [1.82, 2.24) is 5.32 Å². The van der Waals surface area contributed by atoms with Gasteiger partial charge in [0.05, 0.1) is 0 Å². The van der Waals surface area contributed by atoms with Crippen molar-refractivity contribution in [1.29, 1.82) is 0 Å². The molecular weight excluding hydrogens is 286 g/mol. The molecule has 106 valence electrons. The lowest BCUT2D eigenvalue weighted by molar-refractivity contribution is 0.585. The van der Waals surface area contributed by atoms with Gasteiger partial charge in [0.25, 0.3) is 0 Å². The van der Waals surface area contributed by atoms with E-state index >= 15 is 0 Å². The second kappa shape index (κ2) is 7.16. The molecule has 0 amide bonds. The van der Waals surface area contributed by atoms with Gasteiger partial charge in [-0.1, -0.05) is 61.0 Å². The van der Waals surface area contributed by atoms with Crippen molar-refractivity contribution in [2.24, 2.45) is 0 Å². The molecule has 2 rings (SSSR count). The molecule has 0 aromatic heterocycles. The lowest BCUT2D eigenvalue weighted by atomic mass is 10.2. The standard InChI is InChI=1S/C17H20ClNS/c1-12(2)19-11-14-6-7-15(18)10-17(14)20-16-8-4-13(3)5-9-16/h4-10,12,19H,11H2,1-3H3. The first kappa shape index (κ1) is 15.4. The van der Waals surface area contributed by atoms with Crippen molar-refractivity contribution >= 4 is 23.4 Å². The zero-order chi connectivity index (χ0) is 14.5. The van der Waals surface area contributed by atoms with Crippen LogP contribution in [-0.2, 0) is 6.54 Å². The van der Waals surface area contributed by atoms with Crippen LogP contribution in [-0.4, -0.2) is 6.04 Å². The number of nitrogens with one attached hydrogen (secondary N) is 1. The third kappa shape index (κ3) is 4.55. The Hall–Kier alpha value is -0.960. The summed E-state index contributed by atoms with van der Waals surface area (Å²) in [5, 5.41) is 4.25. The SMILES string of the molecule is Cc1ccc(Sc2cc(Cl)ccc2CNC(C)C)cc1. The van der Waals surface area contributed by atoms with Crippen LogP contribution in [0.15, 0.2) is 52.3 Å². The Bertz CT molecular complexity index is 564. The average molecular weight is 306 g/mol. The maximum Gasteiger partial charge on any atom is 0.0417 e. The second-order valence-electron chi connectivity index (χ2n) is 5.20. The minimum Gasteiger partial charge on any atom is -0.310 e. The fourth-order valence-electron chi connectivity index (χ4n) is 1.82. The minimum atomic E-state index is 0.475.